The van der Waals surface area contributed by atoms with Crippen molar-refractivity contribution in [3.8, 4) is 0 Å². The number of nitrogens with one attached hydrogen (secondary N) is 2. The predicted molar refractivity (Wildman–Crippen MR) is 125 cm³/mol. The second kappa shape index (κ2) is 13.7. The Morgan fingerprint density at radius 1 is 1.18 bits per heavy atom. The van der Waals surface area contributed by atoms with Crippen molar-refractivity contribution in [2.24, 2.45) is 28.1 Å². The molecule has 0 aromatic carbocycles. The highest BCUT2D eigenvalue weighted by molar-refractivity contribution is 5.94. The van der Waals surface area contributed by atoms with E-state index in [2.05, 4.69) is 15.6 Å². The lowest BCUT2D eigenvalue weighted by Gasteiger charge is -2.30. The zero-order chi connectivity index (χ0) is 26.0. The molecule has 1 aliphatic heterocycles. The summed E-state index contributed by atoms with van der Waals surface area (Å²) in [5.41, 5.74) is 16.7. The number of guanidine groups is 1. The van der Waals surface area contributed by atoms with Gasteiger partial charge in [0.2, 0.25) is 17.7 Å². The summed E-state index contributed by atoms with van der Waals surface area (Å²) >= 11 is 0. The Kier molecular flexibility index (Phi) is 11.7. The molecular formula is C21H39N7O6. The lowest BCUT2D eigenvalue weighted by atomic mass is 9.98. The average molecular weight is 486 g/mol. The van der Waals surface area contributed by atoms with Crippen LogP contribution in [0.5, 0.6) is 0 Å². The van der Waals surface area contributed by atoms with Crippen molar-refractivity contribution in [3.63, 3.8) is 0 Å². The first-order valence-electron chi connectivity index (χ1n) is 11.5. The van der Waals surface area contributed by atoms with Gasteiger partial charge in [0.1, 0.15) is 12.1 Å². The second-order valence-corrected chi connectivity index (χ2v) is 8.68. The summed E-state index contributed by atoms with van der Waals surface area (Å²) in [6.45, 7) is 5.60. The topological polar surface area (TPSA) is 226 Å². The number of carboxylic acids is 1. The Hall–Kier alpha value is -2.93. The van der Waals surface area contributed by atoms with Gasteiger partial charge in [-0.05, 0) is 38.5 Å². The Morgan fingerprint density at radius 2 is 1.82 bits per heavy atom. The van der Waals surface area contributed by atoms with E-state index in [9.17, 15) is 29.4 Å². The predicted octanol–water partition coefficient (Wildman–Crippen LogP) is -2.16. The summed E-state index contributed by atoms with van der Waals surface area (Å²) in [5.74, 6) is -3.23. The van der Waals surface area contributed by atoms with Crippen LogP contribution in [0.25, 0.3) is 0 Å². The number of likely N-dealkylation sites (tertiary alicyclic amines) is 1. The van der Waals surface area contributed by atoms with E-state index in [1.54, 1.807) is 0 Å². The molecule has 0 aromatic rings. The number of hydrogen-bond donors (Lipinski definition) is 7. The molecule has 0 aromatic heterocycles. The van der Waals surface area contributed by atoms with E-state index < -0.39 is 48.1 Å². The van der Waals surface area contributed by atoms with Gasteiger partial charge in [0, 0.05) is 13.1 Å². The van der Waals surface area contributed by atoms with Crippen LogP contribution >= 0.6 is 0 Å². The molecule has 1 fully saturated rings. The normalized spacial score (nSPS) is 19.9. The van der Waals surface area contributed by atoms with Gasteiger partial charge in [0.05, 0.1) is 12.1 Å². The van der Waals surface area contributed by atoms with Crippen molar-refractivity contribution >= 4 is 29.7 Å². The number of carboxylic acid groups (broad SMARTS) is 1. The van der Waals surface area contributed by atoms with E-state index in [0.717, 1.165) is 0 Å². The van der Waals surface area contributed by atoms with Crippen LogP contribution in [0, 0.1) is 5.92 Å². The number of nitrogens with two attached hydrogens (primary N) is 3. The van der Waals surface area contributed by atoms with Crippen LogP contribution in [0.2, 0.25) is 0 Å². The van der Waals surface area contributed by atoms with Crippen LogP contribution in [0.4, 0.5) is 0 Å². The molecule has 34 heavy (non-hydrogen) atoms. The highest BCUT2D eigenvalue weighted by Crippen LogP contribution is 2.21. The molecule has 0 aliphatic carbocycles. The number of aliphatic hydroxyl groups is 1. The van der Waals surface area contributed by atoms with Gasteiger partial charge in [0.15, 0.2) is 12.0 Å². The number of aliphatic imine (C=N–C) groups is 1. The standard InChI is InChI=1S/C21H39N7O6/c1-4-11(2)15(22)19(32)28-10-6-8-14(28)18(31)26-13(7-5-9-25-21(23)24)17(30)27-16(12(3)29)20(33)34/h11-16,29H,4-10,22H2,1-3H3,(H,26,31)(H,27,30)(H,33,34)(H4,23,24,25). The molecule has 0 spiro atoms. The van der Waals surface area contributed by atoms with Gasteiger partial charge in [-0.25, -0.2) is 4.79 Å². The number of aliphatic hydroxyl groups excluding tert-OH is 1. The minimum Gasteiger partial charge on any atom is -0.480 e. The molecule has 13 heteroatoms. The molecule has 13 nitrogen and oxygen atoms in total. The number of rotatable bonds is 13. The van der Waals surface area contributed by atoms with E-state index in [0.29, 0.717) is 32.2 Å². The first-order chi connectivity index (χ1) is 15.9. The van der Waals surface area contributed by atoms with E-state index >= 15 is 0 Å². The molecule has 1 heterocycles. The third-order valence-electron chi connectivity index (χ3n) is 6.01. The van der Waals surface area contributed by atoms with E-state index in [1.165, 1.54) is 11.8 Å². The Bertz CT molecular complexity index is 756. The Balaban J connectivity index is 2.98. The van der Waals surface area contributed by atoms with Gasteiger partial charge in [0.25, 0.3) is 0 Å². The van der Waals surface area contributed by atoms with E-state index in [-0.39, 0.29) is 30.8 Å². The van der Waals surface area contributed by atoms with Gasteiger partial charge in [-0.15, -0.1) is 0 Å². The van der Waals surface area contributed by atoms with Gasteiger partial charge < -0.3 is 42.9 Å². The Labute approximate surface area is 199 Å². The highest BCUT2D eigenvalue weighted by Gasteiger charge is 2.38. The minimum atomic E-state index is -1.55. The number of carbonyl (C=O) groups is 4. The van der Waals surface area contributed by atoms with Crippen molar-refractivity contribution in [2.75, 3.05) is 13.1 Å². The second-order valence-electron chi connectivity index (χ2n) is 8.68. The maximum Gasteiger partial charge on any atom is 0.328 e. The number of hydrogen-bond acceptors (Lipinski definition) is 7. The smallest absolute Gasteiger partial charge is 0.328 e. The first-order valence-corrected chi connectivity index (χ1v) is 11.5. The summed E-state index contributed by atoms with van der Waals surface area (Å²) < 4.78 is 0. The fraction of sp³-hybridized carbons (Fsp3) is 0.762. The van der Waals surface area contributed by atoms with E-state index in [4.69, 9.17) is 17.2 Å². The van der Waals surface area contributed by atoms with Crippen LogP contribution in [0.3, 0.4) is 0 Å². The molecule has 0 saturated carbocycles. The number of amides is 3. The fourth-order valence-corrected chi connectivity index (χ4v) is 3.67. The van der Waals surface area contributed by atoms with Crippen molar-refractivity contribution in [2.45, 2.75) is 83.1 Å². The quantitative estimate of drug-likeness (QED) is 0.0854. The molecule has 194 valence electrons. The van der Waals surface area contributed by atoms with Crippen LogP contribution in [0.15, 0.2) is 4.99 Å². The van der Waals surface area contributed by atoms with Crippen molar-refractivity contribution in [1.82, 2.24) is 15.5 Å². The lowest BCUT2D eigenvalue weighted by molar-refractivity contribution is -0.145. The molecule has 1 aliphatic rings. The summed E-state index contributed by atoms with van der Waals surface area (Å²) in [4.78, 5) is 55.4. The van der Waals surface area contributed by atoms with E-state index in [1.807, 2.05) is 13.8 Å². The molecule has 6 unspecified atom stereocenters. The summed E-state index contributed by atoms with van der Waals surface area (Å²) in [7, 11) is 0. The number of carbonyl (C=O) groups excluding carboxylic acids is 3. The monoisotopic (exact) mass is 485 g/mol. The summed E-state index contributed by atoms with van der Waals surface area (Å²) in [6, 6.07) is -4.20. The van der Waals surface area contributed by atoms with Crippen LogP contribution in [-0.4, -0.2) is 88.1 Å². The van der Waals surface area contributed by atoms with Crippen molar-refractivity contribution in [3.05, 3.63) is 0 Å². The largest absolute Gasteiger partial charge is 0.480 e. The van der Waals surface area contributed by atoms with Gasteiger partial charge in [-0.3, -0.25) is 19.4 Å². The van der Waals surface area contributed by atoms with Crippen molar-refractivity contribution < 1.29 is 29.4 Å². The SMILES string of the molecule is CCC(C)C(N)C(=O)N1CCCC1C(=O)NC(CCCN=C(N)N)C(=O)NC(C(=O)O)C(C)O. The van der Waals surface area contributed by atoms with Crippen LogP contribution in [0.1, 0.15) is 52.9 Å². The lowest BCUT2D eigenvalue weighted by Crippen LogP contribution is -2.58. The molecule has 0 radical (unpaired) electrons. The number of aliphatic carboxylic acids is 1. The maximum atomic E-state index is 13.1. The average Bonchev–Trinajstić information content (AvgIpc) is 3.26. The molecule has 0 bridgehead atoms. The third kappa shape index (κ3) is 8.45. The first kappa shape index (κ1) is 29.1. The molecule has 1 saturated heterocycles. The molecule has 1 rings (SSSR count). The molecular weight excluding hydrogens is 446 g/mol. The van der Waals surface area contributed by atoms with Crippen LogP contribution in [-0.2, 0) is 19.2 Å². The van der Waals surface area contributed by atoms with Gasteiger partial charge >= 0.3 is 5.97 Å². The minimum absolute atomic E-state index is 0.0562. The third-order valence-corrected chi connectivity index (χ3v) is 6.01. The summed E-state index contributed by atoms with van der Waals surface area (Å²) in [5, 5.41) is 23.8. The highest BCUT2D eigenvalue weighted by atomic mass is 16.4. The van der Waals surface area contributed by atoms with Crippen LogP contribution < -0.4 is 27.8 Å². The molecule has 6 atom stereocenters. The Morgan fingerprint density at radius 3 is 2.35 bits per heavy atom. The zero-order valence-corrected chi connectivity index (χ0v) is 20.1. The summed E-state index contributed by atoms with van der Waals surface area (Å²) in [6.07, 6.45) is 0.802. The number of nitrogens with zero attached hydrogens (tertiary/aromatic N) is 2. The molecule has 10 N–H and O–H groups in total. The fourth-order valence-electron chi connectivity index (χ4n) is 3.67. The van der Waals surface area contributed by atoms with Gasteiger partial charge in [-0.2, -0.15) is 0 Å². The van der Waals surface area contributed by atoms with Gasteiger partial charge in [-0.1, -0.05) is 20.3 Å². The zero-order valence-electron chi connectivity index (χ0n) is 20.1. The maximum absolute atomic E-state index is 13.1. The molecule has 3 amide bonds. The van der Waals surface area contributed by atoms with Crippen molar-refractivity contribution in [1.29, 1.82) is 0 Å².